The van der Waals surface area contributed by atoms with E-state index in [1.54, 1.807) is 0 Å². The molecule has 1 atom stereocenters. The van der Waals surface area contributed by atoms with Gasteiger partial charge in [-0.2, -0.15) is 0 Å². The molecule has 1 unspecified atom stereocenters. The van der Waals surface area contributed by atoms with Crippen LogP contribution in [0.25, 0.3) is 0 Å². The largest absolute Gasteiger partial charge is 0.480 e. The van der Waals surface area contributed by atoms with Crippen LogP contribution in [0.2, 0.25) is 0 Å². The van der Waals surface area contributed by atoms with Gasteiger partial charge in [0.2, 0.25) is 0 Å². The number of hydrogen-bond donors (Lipinski definition) is 1. The highest BCUT2D eigenvalue weighted by atomic mass is 16.5. The highest BCUT2D eigenvalue weighted by Crippen LogP contribution is 2.29. The number of aliphatic hydroxyl groups is 1. The molecule has 0 amide bonds. The predicted octanol–water partition coefficient (Wildman–Crippen LogP) is 3.96. The molecule has 3 heteroatoms. The second-order valence-corrected chi connectivity index (χ2v) is 6.40. The smallest absolute Gasteiger partial charge is 0.154 e. The summed E-state index contributed by atoms with van der Waals surface area (Å²) in [6.07, 6.45) is 3.88. The fourth-order valence-corrected chi connectivity index (χ4v) is 3.11. The zero-order chi connectivity index (χ0) is 16.1. The Morgan fingerprint density at radius 3 is 2.22 bits per heavy atom. The molecule has 1 heterocycles. The Labute approximate surface area is 138 Å². The van der Waals surface area contributed by atoms with Crippen molar-refractivity contribution in [2.45, 2.75) is 31.8 Å². The summed E-state index contributed by atoms with van der Waals surface area (Å²) in [6, 6.07) is 18.1. The fraction of sp³-hybridized carbons (Fsp3) is 0.400. The van der Waals surface area contributed by atoms with Crippen molar-refractivity contribution in [1.29, 1.82) is 0 Å². The topological polar surface area (TPSA) is 32.7 Å². The first kappa shape index (κ1) is 15.9. The Bertz CT molecular complexity index is 605. The van der Waals surface area contributed by atoms with Crippen LogP contribution >= 0.6 is 0 Å². The minimum atomic E-state index is -0.728. The maximum atomic E-state index is 9.83. The molecule has 2 aromatic carbocycles. The number of piperidine rings is 1. The van der Waals surface area contributed by atoms with Crippen molar-refractivity contribution in [3.63, 3.8) is 0 Å². The lowest BCUT2D eigenvalue weighted by Crippen LogP contribution is -2.33. The van der Waals surface area contributed by atoms with E-state index in [-0.39, 0.29) is 6.61 Å². The van der Waals surface area contributed by atoms with E-state index in [4.69, 9.17) is 4.74 Å². The summed E-state index contributed by atoms with van der Waals surface area (Å²) < 4.78 is 6.11. The van der Waals surface area contributed by atoms with Gasteiger partial charge in [0.25, 0.3) is 0 Å². The first-order chi connectivity index (χ1) is 11.2. The molecule has 0 radical (unpaired) electrons. The van der Waals surface area contributed by atoms with Gasteiger partial charge < -0.3 is 14.7 Å². The van der Waals surface area contributed by atoms with Crippen LogP contribution < -0.4 is 9.64 Å². The molecule has 0 bridgehead atoms. The van der Waals surface area contributed by atoms with E-state index in [1.165, 1.54) is 24.9 Å². The number of aliphatic hydroxyl groups excluding tert-OH is 1. The zero-order valence-electron chi connectivity index (χ0n) is 13.7. The van der Waals surface area contributed by atoms with Crippen molar-refractivity contribution in [2.75, 3.05) is 24.6 Å². The fourth-order valence-electron chi connectivity index (χ4n) is 3.11. The quantitative estimate of drug-likeness (QED) is 0.907. The van der Waals surface area contributed by atoms with E-state index in [0.717, 1.165) is 24.4 Å². The SMILES string of the molecule is CC(CO)(Oc1ccc(N2CCCCC2)cc1)c1ccccc1. The molecule has 122 valence electrons. The van der Waals surface area contributed by atoms with Gasteiger partial charge in [0.15, 0.2) is 5.60 Å². The van der Waals surface area contributed by atoms with E-state index < -0.39 is 5.60 Å². The maximum absolute atomic E-state index is 9.83. The Morgan fingerprint density at radius 2 is 1.61 bits per heavy atom. The first-order valence-corrected chi connectivity index (χ1v) is 8.42. The normalized spacial score (nSPS) is 17.6. The number of rotatable bonds is 5. The molecule has 1 saturated heterocycles. The van der Waals surface area contributed by atoms with Gasteiger partial charge in [0, 0.05) is 18.8 Å². The van der Waals surface area contributed by atoms with Gasteiger partial charge in [0.05, 0.1) is 6.61 Å². The van der Waals surface area contributed by atoms with Crippen LogP contribution in [-0.2, 0) is 5.60 Å². The minimum absolute atomic E-state index is 0.0646. The molecular weight excluding hydrogens is 286 g/mol. The average molecular weight is 311 g/mol. The molecule has 1 aliphatic rings. The molecule has 1 aliphatic heterocycles. The molecule has 0 spiro atoms. The van der Waals surface area contributed by atoms with Gasteiger partial charge >= 0.3 is 0 Å². The summed E-state index contributed by atoms with van der Waals surface area (Å²) in [4.78, 5) is 2.43. The first-order valence-electron chi connectivity index (χ1n) is 8.42. The van der Waals surface area contributed by atoms with Gasteiger partial charge in [-0.25, -0.2) is 0 Å². The molecule has 1 fully saturated rings. The second kappa shape index (κ2) is 7.05. The van der Waals surface area contributed by atoms with Crippen LogP contribution in [0.1, 0.15) is 31.7 Å². The number of nitrogens with zero attached hydrogens (tertiary/aromatic N) is 1. The number of anilines is 1. The Balaban J connectivity index is 1.74. The van der Waals surface area contributed by atoms with Gasteiger partial charge in [-0.1, -0.05) is 30.3 Å². The van der Waals surface area contributed by atoms with Crippen molar-refractivity contribution >= 4 is 5.69 Å². The third-order valence-electron chi connectivity index (χ3n) is 4.59. The standard InChI is InChI=1S/C20H25NO2/c1-20(16-22,17-8-4-2-5-9-17)23-19-12-10-18(11-13-19)21-14-6-3-7-15-21/h2,4-5,8-13,22H,3,6-7,14-16H2,1H3. The van der Waals surface area contributed by atoms with Crippen molar-refractivity contribution in [3.8, 4) is 5.75 Å². The highest BCUT2D eigenvalue weighted by molar-refractivity contribution is 5.49. The minimum Gasteiger partial charge on any atom is -0.480 e. The van der Waals surface area contributed by atoms with E-state index in [9.17, 15) is 5.11 Å². The Kier molecular flexibility index (Phi) is 4.87. The predicted molar refractivity (Wildman–Crippen MR) is 94.0 cm³/mol. The van der Waals surface area contributed by atoms with Crippen LogP contribution in [0, 0.1) is 0 Å². The Hall–Kier alpha value is -2.00. The van der Waals surface area contributed by atoms with Crippen LogP contribution in [-0.4, -0.2) is 24.8 Å². The molecule has 2 aromatic rings. The molecular formula is C20H25NO2. The lowest BCUT2D eigenvalue weighted by molar-refractivity contribution is 0.0216. The van der Waals surface area contributed by atoms with Gasteiger partial charge in [-0.3, -0.25) is 0 Å². The average Bonchev–Trinajstić information content (AvgIpc) is 2.64. The summed E-state index contributed by atoms with van der Waals surface area (Å²) >= 11 is 0. The van der Waals surface area contributed by atoms with Crippen LogP contribution in [0.4, 0.5) is 5.69 Å². The number of benzene rings is 2. The van der Waals surface area contributed by atoms with E-state index in [1.807, 2.05) is 49.4 Å². The summed E-state index contributed by atoms with van der Waals surface area (Å²) in [6.45, 7) is 4.13. The monoisotopic (exact) mass is 311 g/mol. The zero-order valence-corrected chi connectivity index (χ0v) is 13.7. The van der Waals surface area contributed by atoms with Crippen LogP contribution in [0.5, 0.6) is 5.75 Å². The highest BCUT2D eigenvalue weighted by Gasteiger charge is 2.28. The maximum Gasteiger partial charge on any atom is 0.154 e. The van der Waals surface area contributed by atoms with Gasteiger partial charge in [-0.05, 0) is 56.0 Å². The van der Waals surface area contributed by atoms with E-state index >= 15 is 0 Å². The van der Waals surface area contributed by atoms with E-state index in [0.29, 0.717) is 0 Å². The summed E-state index contributed by atoms with van der Waals surface area (Å²) in [5.74, 6) is 0.783. The molecule has 3 rings (SSSR count). The van der Waals surface area contributed by atoms with E-state index in [2.05, 4.69) is 17.0 Å². The number of hydrogen-bond acceptors (Lipinski definition) is 3. The molecule has 0 saturated carbocycles. The summed E-state index contributed by atoms with van der Waals surface area (Å²) in [5, 5.41) is 9.83. The number of ether oxygens (including phenoxy) is 1. The molecule has 3 nitrogen and oxygen atoms in total. The molecule has 0 aliphatic carbocycles. The molecule has 23 heavy (non-hydrogen) atoms. The van der Waals surface area contributed by atoms with Crippen LogP contribution in [0.3, 0.4) is 0 Å². The molecule has 1 N–H and O–H groups in total. The summed E-state index contributed by atoms with van der Waals surface area (Å²) in [7, 11) is 0. The lowest BCUT2D eigenvalue weighted by Gasteiger charge is -2.31. The lowest BCUT2D eigenvalue weighted by atomic mass is 9.96. The van der Waals surface area contributed by atoms with Crippen molar-refractivity contribution in [2.24, 2.45) is 0 Å². The van der Waals surface area contributed by atoms with Crippen molar-refractivity contribution < 1.29 is 9.84 Å². The van der Waals surface area contributed by atoms with Gasteiger partial charge in [0.1, 0.15) is 5.75 Å². The van der Waals surface area contributed by atoms with Crippen molar-refractivity contribution in [3.05, 3.63) is 60.2 Å². The Morgan fingerprint density at radius 1 is 0.957 bits per heavy atom. The molecule has 0 aromatic heterocycles. The van der Waals surface area contributed by atoms with Crippen molar-refractivity contribution in [1.82, 2.24) is 0 Å². The van der Waals surface area contributed by atoms with Gasteiger partial charge in [-0.15, -0.1) is 0 Å². The summed E-state index contributed by atoms with van der Waals surface area (Å²) in [5.41, 5.74) is 1.50. The third-order valence-corrected chi connectivity index (χ3v) is 4.59. The second-order valence-electron chi connectivity index (χ2n) is 6.40. The third kappa shape index (κ3) is 3.67. The van der Waals surface area contributed by atoms with Crippen LogP contribution in [0.15, 0.2) is 54.6 Å².